The first-order valence-electron chi connectivity index (χ1n) is 5.35. The van der Waals surface area contributed by atoms with E-state index < -0.39 is 5.60 Å². The van der Waals surface area contributed by atoms with Crippen molar-refractivity contribution in [3.8, 4) is 5.75 Å². The van der Waals surface area contributed by atoms with Gasteiger partial charge in [0, 0.05) is 23.1 Å². The van der Waals surface area contributed by atoms with E-state index in [0.29, 0.717) is 19.5 Å². The van der Waals surface area contributed by atoms with Crippen molar-refractivity contribution in [3.63, 3.8) is 0 Å². The van der Waals surface area contributed by atoms with Crippen molar-refractivity contribution in [2.45, 2.75) is 32.4 Å². The lowest BCUT2D eigenvalue weighted by Crippen LogP contribution is -2.36. The second kappa shape index (κ2) is 5.66. The van der Waals surface area contributed by atoms with Gasteiger partial charge >= 0.3 is 0 Å². The van der Waals surface area contributed by atoms with Gasteiger partial charge in [-0.15, -0.1) is 0 Å². The van der Waals surface area contributed by atoms with Crippen molar-refractivity contribution in [1.29, 1.82) is 0 Å². The third-order valence-corrected chi connectivity index (χ3v) is 3.12. The van der Waals surface area contributed by atoms with E-state index in [4.69, 9.17) is 0 Å². The molecule has 1 rings (SSSR count). The molecule has 0 aliphatic carbocycles. The second-order valence-electron chi connectivity index (χ2n) is 4.23. The molecule has 4 heteroatoms. The SMILES string of the molecule is CCC(C)(O)CNCc1cc(Br)ccc1O. The molecule has 0 bridgehead atoms. The van der Waals surface area contributed by atoms with Gasteiger partial charge in [-0.25, -0.2) is 0 Å². The van der Waals surface area contributed by atoms with E-state index in [-0.39, 0.29) is 5.75 Å². The zero-order valence-corrected chi connectivity index (χ0v) is 11.2. The summed E-state index contributed by atoms with van der Waals surface area (Å²) in [4.78, 5) is 0. The normalized spacial score (nSPS) is 14.8. The molecular weight excluding hydrogens is 270 g/mol. The summed E-state index contributed by atoms with van der Waals surface area (Å²) in [5, 5.41) is 22.5. The maximum atomic E-state index is 9.79. The first kappa shape index (κ1) is 13.5. The quantitative estimate of drug-likeness (QED) is 0.780. The minimum absolute atomic E-state index is 0.270. The number of nitrogens with one attached hydrogen (secondary N) is 1. The van der Waals surface area contributed by atoms with Gasteiger partial charge in [-0.2, -0.15) is 0 Å². The van der Waals surface area contributed by atoms with E-state index in [0.717, 1.165) is 10.0 Å². The molecular formula is C12H18BrNO2. The van der Waals surface area contributed by atoms with Crippen LogP contribution in [0.25, 0.3) is 0 Å². The van der Waals surface area contributed by atoms with E-state index in [1.165, 1.54) is 0 Å². The summed E-state index contributed by atoms with van der Waals surface area (Å²) < 4.78 is 0.935. The van der Waals surface area contributed by atoms with Gasteiger partial charge in [-0.3, -0.25) is 0 Å². The smallest absolute Gasteiger partial charge is 0.120 e. The van der Waals surface area contributed by atoms with Crippen LogP contribution in [0.1, 0.15) is 25.8 Å². The van der Waals surface area contributed by atoms with Crippen LogP contribution in [-0.2, 0) is 6.54 Å². The highest BCUT2D eigenvalue weighted by Gasteiger charge is 2.16. The van der Waals surface area contributed by atoms with Gasteiger partial charge in [0.2, 0.25) is 0 Å². The summed E-state index contributed by atoms with van der Waals surface area (Å²) in [7, 11) is 0. The van der Waals surface area contributed by atoms with E-state index in [1.54, 1.807) is 19.1 Å². The number of benzene rings is 1. The Morgan fingerprint density at radius 2 is 2.12 bits per heavy atom. The first-order valence-corrected chi connectivity index (χ1v) is 6.14. The molecule has 0 saturated carbocycles. The van der Waals surface area contributed by atoms with Crippen molar-refractivity contribution in [2.24, 2.45) is 0 Å². The van der Waals surface area contributed by atoms with Crippen LogP contribution < -0.4 is 5.32 Å². The fraction of sp³-hybridized carbons (Fsp3) is 0.500. The van der Waals surface area contributed by atoms with Gasteiger partial charge in [0.25, 0.3) is 0 Å². The minimum Gasteiger partial charge on any atom is -0.508 e. The molecule has 0 aliphatic rings. The number of phenolic OH excluding ortho intramolecular Hbond substituents is 1. The highest BCUT2D eigenvalue weighted by Crippen LogP contribution is 2.21. The molecule has 1 atom stereocenters. The summed E-state index contributed by atoms with van der Waals surface area (Å²) in [6.45, 7) is 4.79. The molecule has 0 aliphatic heterocycles. The number of rotatable bonds is 5. The molecule has 1 aromatic carbocycles. The monoisotopic (exact) mass is 287 g/mol. The van der Waals surface area contributed by atoms with Gasteiger partial charge in [0.1, 0.15) is 5.75 Å². The minimum atomic E-state index is -0.693. The molecule has 0 radical (unpaired) electrons. The van der Waals surface area contributed by atoms with Crippen molar-refractivity contribution >= 4 is 15.9 Å². The molecule has 0 fully saturated rings. The topological polar surface area (TPSA) is 52.5 Å². The molecule has 0 saturated heterocycles. The molecule has 0 heterocycles. The summed E-state index contributed by atoms with van der Waals surface area (Å²) in [5.41, 5.74) is 0.128. The predicted octanol–water partition coefficient (Wildman–Crippen LogP) is 2.41. The van der Waals surface area contributed by atoms with Crippen LogP contribution in [0.4, 0.5) is 0 Å². The Morgan fingerprint density at radius 3 is 2.75 bits per heavy atom. The zero-order valence-electron chi connectivity index (χ0n) is 9.63. The van der Waals surface area contributed by atoms with Gasteiger partial charge in [-0.1, -0.05) is 22.9 Å². The number of aliphatic hydroxyl groups is 1. The lowest BCUT2D eigenvalue weighted by atomic mass is 10.0. The Balaban J connectivity index is 2.52. The maximum absolute atomic E-state index is 9.79. The number of aromatic hydroxyl groups is 1. The lowest BCUT2D eigenvalue weighted by molar-refractivity contribution is 0.0555. The number of hydrogen-bond acceptors (Lipinski definition) is 3. The zero-order chi connectivity index (χ0) is 12.2. The van der Waals surface area contributed by atoms with Gasteiger partial charge < -0.3 is 15.5 Å². The van der Waals surface area contributed by atoms with Crippen LogP contribution in [0.5, 0.6) is 5.75 Å². The predicted molar refractivity (Wildman–Crippen MR) is 68.4 cm³/mol. The molecule has 1 unspecified atom stereocenters. The standard InChI is InChI=1S/C12H18BrNO2/c1-3-12(2,16)8-14-7-9-6-10(13)4-5-11(9)15/h4-6,14-16H,3,7-8H2,1-2H3. The number of phenols is 1. The third kappa shape index (κ3) is 4.12. The molecule has 1 aromatic rings. The van der Waals surface area contributed by atoms with E-state index in [2.05, 4.69) is 21.2 Å². The summed E-state index contributed by atoms with van der Waals surface area (Å²) in [6, 6.07) is 5.31. The molecule has 16 heavy (non-hydrogen) atoms. The molecule has 90 valence electrons. The summed E-state index contributed by atoms with van der Waals surface area (Å²) in [6.07, 6.45) is 0.699. The Morgan fingerprint density at radius 1 is 1.44 bits per heavy atom. The van der Waals surface area contributed by atoms with Crippen LogP contribution in [0, 0.1) is 0 Å². The van der Waals surface area contributed by atoms with Crippen molar-refractivity contribution < 1.29 is 10.2 Å². The third-order valence-electron chi connectivity index (χ3n) is 2.62. The highest BCUT2D eigenvalue weighted by atomic mass is 79.9. The Hall–Kier alpha value is -0.580. The fourth-order valence-corrected chi connectivity index (χ4v) is 1.70. The van der Waals surface area contributed by atoms with Crippen LogP contribution in [0.2, 0.25) is 0 Å². The largest absolute Gasteiger partial charge is 0.508 e. The van der Waals surface area contributed by atoms with Crippen molar-refractivity contribution in [3.05, 3.63) is 28.2 Å². The molecule has 3 N–H and O–H groups in total. The Labute approximate surface area is 105 Å². The van der Waals surface area contributed by atoms with Gasteiger partial charge in [0.05, 0.1) is 5.60 Å². The number of halogens is 1. The van der Waals surface area contributed by atoms with E-state index in [1.807, 2.05) is 13.0 Å². The molecule has 3 nitrogen and oxygen atoms in total. The first-order chi connectivity index (χ1) is 7.44. The van der Waals surface area contributed by atoms with Crippen LogP contribution in [-0.4, -0.2) is 22.4 Å². The molecule has 0 aromatic heterocycles. The van der Waals surface area contributed by atoms with Crippen LogP contribution >= 0.6 is 15.9 Å². The average molecular weight is 288 g/mol. The molecule has 0 amide bonds. The second-order valence-corrected chi connectivity index (χ2v) is 5.14. The van der Waals surface area contributed by atoms with Crippen LogP contribution in [0.3, 0.4) is 0 Å². The summed E-state index contributed by atoms with van der Waals surface area (Å²) >= 11 is 3.35. The van der Waals surface area contributed by atoms with Crippen LogP contribution in [0.15, 0.2) is 22.7 Å². The Kier molecular flexibility index (Phi) is 4.77. The fourth-order valence-electron chi connectivity index (χ4n) is 1.29. The lowest BCUT2D eigenvalue weighted by Gasteiger charge is -2.21. The number of hydrogen-bond donors (Lipinski definition) is 3. The summed E-state index contributed by atoms with van der Waals surface area (Å²) in [5.74, 6) is 0.270. The molecule has 0 spiro atoms. The maximum Gasteiger partial charge on any atom is 0.120 e. The van der Waals surface area contributed by atoms with Gasteiger partial charge in [0.15, 0.2) is 0 Å². The highest BCUT2D eigenvalue weighted by molar-refractivity contribution is 9.10. The van der Waals surface area contributed by atoms with Gasteiger partial charge in [-0.05, 0) is 31.5 Å². The van der Waals surface area contributed by atoms with E-state index >= 15 is 0 Å². The van der Waals surface area contributed by atoms with Crippen molar-refractivity contribution in [2.75, 3.05) is 6.54 Å². The average Bonchev–Trinajstić information content (AvgIpc) is 2.23. The Bertz CT molecular complexity index is 353. The van der Waals surface area contributed by atoms with E-state index in [9.17, 15) is 10.2 Å². The van der Waals surface area contributed by atoms with Crippen molar-refractivity contribution in [1.82, 2.24) is 5.32 Å².